The van der Waals surface area contributed by atoms with Crippen molar-refractivity contribution < 1.29 is 9.53 Å². The van der Waals surface area contributed by atoms with E-state index >= 15 is 0 Å². The smallest absolute Gasteiger partial charge is 0.225 e. The van der Waals surface area contributed by atoms with E-state index in [0.29, 0.717) is 25.5 Å². The van der Waals surface area contributed by atoms with Gasteiger partial charge in [-0.2, -0.15) is 0 Å². The molecule has 1 aliphatic heterocycles. The molecule has 1 amide bonds. The number of hydrogen-bond donors (Lipinski definition) is 3. The fraction of sp³-hybridized carbons (Fsp3) is 0.529. The zero-order valence-corrected chi connectivity index (χ0v) is 14.3. The highest BCUT2D eigenvalue weighted by Gasteiger charge is 2.25. The first-order chi connectivity index (χ1) is 10.9. The third-order valence-corrected chi connectivity index (χ3v) is 4.08. The molecule has 3 N–H and O–H groups in total. The summed E-state index contributed by atoms with van der Waals surface area (Å²) >= 11 is 0. The molecule has 0 saturated carbocycles. The molecule has 2 rings (SSSR count). The number of aliphatic imine (C=N–C) groups is 1. The Morgan fingerprint density at radius 2 is 2.13 bits per heavy atom. The minimum atomic E-state index is -0.269. The van der Waals surface area contributed by atoms with Crippen molar-refractivity contribution in [2.75, 3.05) is 32.6 Å². The lowest BCUT2D eigenvalue weighted by Crippen LogP contribution is -2.46. The van der Waals surface area contributed by atoms with Gasteiger partial charge in [0.05, 0.1) is 5.60 Å². The maximum atomic E-state index is 11.8. The second-order valence-corrected chi connectivity index (χ2v) is 6.31. The highest BCUT2D eigenvalue weighted by atomic mass is 16.5. The lowest BCUT2D eigenvalue weighted by atomic mass is 9.90. The monoisotopic (exact) mass is 318 g/mol. The number of anilines is 1. The first kappa shape index (κ1) is 17.3. The van der Waals surface area contributed by atoms with E-state index in [2.05, 4.69) is 27.0 Å². The Bertz CT molecular complexity index is 584. The predicted octanol–water partition coefficient (Wildman–Crippen LogP) is 1.70. The Kier molecular flexibility index (Phi) is 5.60. The van der Waals surface area contributed by atoms with Crippen LogP contribution in [0.2, 0.25) is 0 Å². The van der Waals surface area contributed by atoms with Gasteiger partial charge >= 0.3 is 0 Å². The van der Waals surface area contributed by atoms with Crippen molar-refractivity contribution in [2.45, 2.75) is 31.8 Å². The van der Waals surface area contributed by atoms with E-state index in [-0.39, 0.29) is 17.4 Å². The number of fused-ring (bicyclic) bond motifs is 1. The summed E-state index contributed by atoms with van der Waals surface area (Å²) in [6, 6.07) is 7.93. The first-order valence-corrected chi connectivity index (χ1v) is 7.83. The van der Waals surface area contributed by atoms with Crippen LogP contribution < -0.4 is 16.0 Å². The third-order valence-electron chi connectivity index (χ3n) is 4.08. The zero-order valence-electron chi connectivity index (χ0n) is 14.3. The highest BCUT2D eigenvalue weighted by molar-refractivity contribution is 5.94. The molecule has 0 spiro atoms. The molecule has 0 fully saturated rings. The van der Waals surface area contributed by atoms with Gasteiger partial charge in [0.1, 0.15) is 0 Å². The second-order valence-electron chi connectivity index (χ2n) is 6.31. The normalized spacial score (nSPS) is 18.2. The fourth-order valence-corrected chi connectivity index (χ4v) is 2.49. The average Bonchev–Trinajstić information content (AvgIpc) is 2.54. The number of para-hydroxylation sites is 1. The molecule has 0 aliphatic carbocycles. The zero-order chi connectivity index (χ0) is 16.9. The number of benzene rings is 1. The predicted molar refractivity (Wildman–Crippen MR) is 92.9 cm³/mol. The van der Waals surface area contributed by atoms with E-state index < -0.39 is 0 Å². The highest BCUT2D eigenvalue weighted by Crippen LogP contribution is 2.31. The van der Waals surface area contributed by atoms with Gasteiger partial charge in [-0.1, -0.05) is 18.2 Å². The molecule has 1 atom stereocenters. The molecule has 0 bridgehead atoms. The van der Waals surface area contributed by atoms with Crippen molar-refractivity contribution in [3.63, 3.8) is 0 Å². The standard InChI is InChI=1S/C17H26N4O2/c1-17(2,23-4)11-20-16(18-3)19-10-12-9-15(22)21-14-8-6-5-7-13(12)14/h5-8,12H,9-11H2,1-4H3,(H,21,22)(H2,18,19,20). The summed E-state index contributed by atoms with van der Waals surface area (Å²) in [4.78, 5) is 16.1. The summed E-state index contributed by atoms with van der Waals surface area (Å²) in [5.74, 6) is 0.895. The number of amides is 1. The number of carbonyl (C=O) groups excluding carboxylic acids is 1. The van der Waals surface area contributed by atoms with Crippen molar-refractivity contribution >= 4 is 17.6 Å². The number of methoxy groups -OCH3 is 1. The summed E-state index contributed by atoms with van der Waals surface area (Å²) in [5.41, 5.74) is 1.79. The van der Waals surface area contributed by atoms with Crippen LogP contribution in [0.25, 0.3) is 0 Å². The lowest BCUT2D eigenvalue weighted by Gasteiger charge is -2.27. The van der Waals surface area contributed by atoms with Gasteiger partial charge in [-0.3, -0.25) is 9.79 Å². The average molecular weight is 318 g/mol. The molecule has 23 heavy (non-hydrogen) atoms. The number of hydrogen-bond acceptors (Lipinski definition) is 3. The van der Waals surface area contributed by atoms with E-state index in [1.54, 1.807) is 14.2 Å². The van der Waals surface area contributed by atoms with Gasteiger partial charge < -0.3 is 20.7 Å². The van der Waals surface area contributed by atoms with E-state index in [4.69, 9.17) is 4.74 Å². The SMILES string of the molecule is CN=C(NCC1CC(=O)Nc2ccccc21)NCC(C)(C)OC. The minimum Gasteiger partial charge on any atom is -0.377 e. The van der Waals surface area contributed by atoms with E-state index in [1.807, 2.05) is 32.0 Å². The molecule has 1 unspecified atom stereocenters. The molecule has 6 nitrogen and oxygen atoms in total. The summed E-state index contributed by atoms with van der Waals surface area (Å²) in [5, 5.41) is 9.46. The van der Waals surface area contributed by atoms with Crippen LogP contribution in [0, 0.1) is 0 Å². The van der Waals surface area contributed by atoms with Gasteiger partial charge in [0, 0.05) is 45.3 Å². The van der Waals surface area contributed by atoms with Gasteiger partial charge in [0.15, 0.2) is 5.96 Å². The van der Waals surface area contributed by atoms with Crippen LogP contribution in [0.1, 0.15) is 31.7 Å². The van der Waals surface area contributed by atoms with Crippen LogP contribution in [0.3, 0.4) is 0 Å². The minimum absolute atomic E-state index is 0.0546. The second kappa shape index (κ2) is 7.46. The maximum Gasteiger partial charge on any atom is 0.225 e. The quantitative estimate of drug-likeness (QED) is 0.571. The summed E-state index contributed by atoms with van der Waals surface area (Å²) in [7, 11) is 3.42. The Labute approximate surface area is 137 Å². The van der Waals surface area contributed by atoms with Crippen molar-refractivity contribution in [1.29, 1.82) is 0 Å². The molecular formula is C17H26N4O2. The molecule has 0 aromatic heterocycles. The summed E-state index contributed by atoms with van der Waals surface area (Å²) in [6.45, 7) is 5.31. The molecule has 0 radical (unpaired) electrons. The molecule has 0 saturated heterocycles. The number of nitrogens with one attached hydrogen (secondary N) is 3. The van der Waals surface area contributed by atoms with Gasteiger partial charge in [-0.05, 0) is 25.5 Å². The third kappa shape index (κ3) is 4.69. The molecule has 1 heterocycles. The molecule has 6 heteroatoms. The number of nitrogens with zero attached hydrogens (tertiary/aromatic N) is 1. The lowest BCUT2D eigenvalue weighted by molar-refractivity contribution is -0.116. The van der Waals surface area contributed by atoms with E-state index in [9.17, 15) is 4.79 Å². The van der Waals surface area contributed by atoms with Crippen LogP contribution in [-0.4, -0.2) is 44.7 Å². The van der Waals surface area contributed by atoms with Gasteiger partial charge in [0.2, 0.25) is 5.91 Å². The Hall–Kier alpha value is -2.08. The molecule has 1 aromatic rings. The number of guanidine groups is 1. The Balaban J connectivity index is 1.96. The molecule has 1 aromatic carbocycles. The van der Waals surface area contributed by atoms with Gasteiger partial charge in [0.25, 0.3) is 0 Å². The van der Waals surface area contributed by atoms with Crippen LogP contribution >= 0.6 is 0 Å². The molecular weight excluding hydrogens is 292 g/mol. The van der Waals surface area contributed by atoms with Crippen LogP contribution in [-0.2, 0) is 9.53 Å². The first-order valence-electron chi connectivity index (χ1n) is 7.83. The Morgan fingerprint density at radius 3 is 2.83 bits per heavy atom. The van der Waals surface area contributed by atoms with Crippen molar-refractivity contribution in [3.8, 4) is 0 Å². The summed E-state index contributed by atoms with van der Waals surface area (Å²) < 4.78 is 5.39. The van der Waals surface area contributed by atoms with E-state index in [0.717, 1.165) is 11.3 Å². The van der Waals surface area contributed by atoms with Crippen molar-refractivity contribution in [1.82, 2.24) is 10.6 Å². The summed E-state index contributed by atoms with van der Waals surface area (Å²) in [6.07, 6.45) is 0.477. The van der Waals surface area contributed by atoms with Gasteiger partial charge in [-0.15, -0.1) is 0 Å². The van der Waals surface area contributed by atoms with Crippen LogP contribution in [0.15, 0.2) is 29.3 Å². The molecule has 126 valence electrons. The van der Waals surface area contributed by atoms with Crippen molar-refractivity contribution in [3.05, 3.63) is 29.8 Å². The molecule has 1 aliphatic rings. The van der Waals surface area contributed by atoms with Crippen LogP contribution in [0.4, 0.5) is 5.69 Å². The van der Waals surface area contributed by atoms with Crippen molar-refractivity contribution in [2.24, 2.45) is 4.99 Å². The van der Waals surface area contributed by atoms with Gasteiger partial charge in [-0.25, -0.2) is 0 Å². The largest absolute Gasteiger partial charge is 0.377 e. The number of carbonyl (C=O) groups is 1. The van der Waals surface area contributed by atoms with E-state index in [1.165, 1.54) is 0 Å². The Morgan fingerprint density at radius 1 is 1.39 bits per heavy atom. The van der Waals surface area contributed by atoms with Crippen LogP contribution in [0.5, 0.6) is 0 Å². The fourth-order valence-electron chi connectivity index (χ4n) is 2.49. The topological polar surface area (TPSA) is 74.8 Å². The number of rotatable bonds is 5. The maximum absolute atomic E-state index is 11.8. The number of ether oxygens (including phenoxy) is 1.